The molecule has 2 heterocycles. The molecular weight excluding hydrogens is 452 g/mol. The molecule has 0 saturated carbocycles. The van der Waals surface area contributed by atoms with E-state index >= 15 is 0 Å². The van der Waals surface area contributed by atoms with Crippen LogP contribution in [0.15, 0.2) is 83.3 Å². The van der Waals surface area contributed by atoms with Crippen molar-refractivity contribution in [3.8, 4) is 28.3 Å². The number of likely N-dealkylation sites (tertiary alicyclic amines) is 1. The van der Waals surface area contributed by atoms with Crippen molar-refractivity contribution >= 4 is 5.97 Å². The maximum Gasteiger partial charge on any atom is 0.320 e. The van der Waals surface area contributed by atoms with Crippen molar-refractivity contribution in [2.24, 2.45) is 0 Å². The molecule has 1 fully saturated rings. The zero-order valence-corrected chi connectivity index (χ0v) is 20.4. The Hall–Kier alpha value is -3.90. The molecule has 36 heavy (non-hydrogen) atoms. The molecule has 0 amide bonds. The predicted octanol–water partition coefficient (Wildman–Crippen LogP) is 5.99. The Bertz CT molecular complexity index is 1300. The first-order valence-electron chi connectivity index (χ1n) is 12.4. The number of benzene rings is 3. The van der Waals surface area contributed by atoms with Gasteiger partial charge >= 0.3 is 5.97 Å². The van der Waals surface area contributed by atoms with Crippen LogP contribution in [0, 0.1) is 6.92 Å². The lowest BCUT2D eigenvalue weighted by Gasteiger charge is -2.21. The van der Waals surface area contributed by atoms with Crippen LogP contribution in [-0.2, 0) is 17.8 Å². The van der Waals surface area contributed by atoms with E-state index in [0.29, 0.717) is 25.5 Å². The number of carboxylic acid groups (broad SMARTS) is 1. The number of hydrogen-bond acceptors (Lipinski definition) is 5. The normalized spacial score (nSPS) is 15.8. The van der Waals surface area contributed by atoms with E-state index in [1.807, 2.05) is 66.4 Å². The van der Waals surface area contributed by atoms with Gasteiger partial charge in [-0.15, -0.1) is 0 Å². The van der Waals surface area contributed by atoms with Crippen LogP contribution >= 0.6 is 0 Å². The molecule has 1 saturated heterocycles. The van der Waals surface area contributed by atoms with Gasteiger partial charge in [0.1, 0.15) is 17.6 Å². The fourth-order valence-corrected chi connectivity index (χ4v) is 4.71. The summed E-state index contributed by atoms with van der Waals surface area (Å²) >= 11 is 0. The van der Waals surface area contributed by atoms with Gasteiger partial charge in [0.2, 0.25) is 5.89 Å². The molecule has 1 aliphatic rings. The number of ether oxygens (including phenoxy) is 1. The van der Waals surface area contributed by atoms with Crippen LogP contribution < -0.4 is 4.74 Å². The van der Waals surface area contributed by atoms with Gasteiger partial charge in [-0.1, -0.05) is 54.6 Å². The Kier molecular flexibility index (Phi) is 7.14. The van der Waals surface area contributed by atoms with Crippen LogP contribution in [0.2, 0.25) is 0 Å². The van der Waals surface area contributed by atoms with Gasteiger partial charge in [-0.3, -0.25) is 9.69 Å². The third-order valence-corrected chi connectivity index (χ3v) is 6.70. The molecule has 1 aliphatic heterocycles. The minimum atomic E-state index is -0.733. The number of aromatic nitrogens is 1. The molecule has 1 unspecified atom stereocenters. The summed E-state index contributed by atoms with van der Waals surface area (Å²) in [6.45, 7) is 3.89. The van der Waals surface area contributed by atoms with Crippen molar-refractivity contribution in [2.75, 3.05) is 13.2 Å². The summed E-state index contributed by atoms with van der Waals surface area (Å²) in [6.07, 6.45) is 2.30. The highest BCUT2D eigenvalue weighted by molar-refractivity contribution is 5.73. The third-order valence-electron chi connectivity index (χ3n) is 6.70. The van der Waals surface area contributed by atoms with Crippen molar-refractivity contribution in [2.45, 2.75) is 38.8 Å². The first kappa shape index (κ1) is 23.8. The second kappa shape index (κ2) is 10.8. The molecule has 4 aromatic rings. The first-order valence-corrected chi connectivity index (χ1v) is 12.4. The largest absolute Gasteiger partial charge is 0.493 e. The number of carbonyl (C=O) groups is 1. The van der Waals surface area contributed by atoms with Gasteiger partial charge in [-0.05, 0) is 67.3 Å². The number of aryl methyl sites for hydroxylation is 1. The standard InChI is InChI=1S/C30H30N2O4/c1-21-27(31-29(36-21)25-13-11-24(12-14-25)23-6-3-2-4-7-23)17-19-35-26-15-9-22(10-16-26)20-32-18-5-8-28(32)30(33)34/h2-4,6-7,9-16,28H,5,8,17-20H2,1H3,(H,33,34). The van der Waals surface area contributed by atoms with E-state index in [0.717, 1.165) is 53.3 Å². The van der Waals surface area contributed by atoms with Crippen molar-refractivity contribution < 1.29 is 19.1 Å². The average Bonchev–Trinajstić information content (AvgIpc) is 3.52. The highest BCUT2D eigenvalue weighted by Gasteiger charge is 2.30. The van der Waals surface area contributed by atoms with E-state index in [1.165, 1.54) is 5.56 Å². The lowest BCUT2D eigenvalue weighted by atomic mass is 10.0. The Labute approximate surface area is 211 Å². The van der Waals surface area contributed by atoms with E-state index in [4.69, 9.17) is 14.1 Å². The summed E-state index contributed by atoms with van der Waals surface area (Å²) in [6, 6.07) is 26.0. The van der Waals surface area contributed by atoms with Gasteiger partial charge in [0.15, 0.2) is 0 Å². The van der Waals surface area contributed by atoms with Crippen molar-refractivity contribution in [3.05, 3.63) is 95.9 Å². The fourth-order valence-electron chi connectivity index (χ4n) is 4.71. The number of carboxylic acids is 1. The van der Waals surface area contributed by atoms with Crippen LogP contribution in [0.1, 0.15) is 29.9 Å². The monoisotopic (exact) mass is 482 g/mol. The molecule has 1 aromatic heterocycles. The molecule has 3 aromatic carbocycles. The van der Waals surface area contributed by atoms with Crippen molar-refractivity contribution in [1.82, 2.24) is 9.88 Å². The maximum absolute atomic E-state index is 11.4. The summed E-state index contributed by atoms with van der Waals surface area (Å²) < 4.78 is 11.9. The quantitative estimate of drug-likeness (QED) is 0.316. The molecule has 5 rings (SSSR count). The highest BCUT2D eigenvalue weighted by atomic mass is 16.5. The molecule has 1 atom stereocenters. The minimum Gasteiger partial charge on any atom is -0.493 e. The molecular formula is C30H30N2O4. The van der Waals surface area contributed by atoms with E-state index in [-0.39, 0.29) is 6.04 Å². The maximum atomic E-state index is 11.4. The number of oxazole rings is 1. The Balaban J connectivity index is 1.15. The number of aliphatic carboxylic acids is 1. The van der Waals surface area contributed by atoms with Crippen LogP contribution in [-0.4, -0.2) is 40.2 Å². The van der Waals surface area contributed by atoms with Gasteiger partial charge in [0.25, 0.3) is 0 Å². The van der Waals surface area contributed by atoms with Crippen LogP contribution in [0.3, 0.4) is 0 Å². The molecule has 0 aliphatic carbocycles. The SMILES string of the molecule is Cc1oc(-c2ccc(-c3ccccc3)cc2)nc1CCOc1ccc(CN2CCCC2C(=O)O)cc1. The summed E-state index contributed by atoms with van der Waals surface area (Å²) in [5.41, 5.74) is 5.26. The Morgan fingerprint density at radius 3 is 2.42 bits per heavy atom. The second-order valence-electron chi connectivity index (χ2n) is 9.17. The zero-order valence-electron chi connectivity index (χ0n) is 20.4. The molecule has 0 spiro atoms. The molecule has 0 bridgehead atoms. The lowest BCUT2D eigenvalue weighted by molar-refractivity contribution is -0.142. The van der Waals surface area contributed by atoms with Crippen molar-refractivity contribution in [3.63, 3.8) is 0 Å². The summed E-state index contributed by atoms with van der Waals surface area (Å²) in [4.78, 5) is 18.1. The van der Waals surface area contributed by atoms with E-state index in [9.17, 15) is 9.90 Å². The lowest BCUT2D eigenvalue weighted by Crippen LogP contribution is -2.35. The third kappa shape index (κ3) is 5.50. The number of nitrogens with zero attached hydrogens (tertiary/aromatic N) is 2. The molecule has 184 valence electrons. The fraction of sp³-hybridized carbons (Fsp3) is 0.267. The Morgan fingerprint density at radius 2 is 1.69 bits per heavy atom. The first-order chi connectivity index (χ1) is 17.6. The number of hydrogen-bond donors (Lipinski definition) is 1. The van der Waals surface area contributed by atoms with E-state index < -0.39 is 5.97 Å². The van der Waals surface area contributed by atoms with E-state index in [2.05, 4.69) is 24.3 Å². The molecule has 0 radical (unpaired) electrons. The van der Waals surface area contributed by atoms with Gasteiger partial charge in [0, 0.05) is 18.5 Å². The summed E-state index contributed by atoms with van der Waals surface area (Å²) in [5.74, 6) is 1.47. The molecule has 1 N–H and O–H groups in total. The predicted molar refractivity (Wildman–Crippen MR) is 139 cm³/mol. The van der Waals surface area contributed by atoms with Crippen LogP contribution in [0.5, 0.6) is 5.75 Å². The van der Waals surface area contributed by atoms with Gasteiger partial charge in [-0.25, -0.2) is 4.98 Å². The van der Waals surface area contributed by atoms with Crippen LogP contribution in [0.25, 0.3) is 22.6 Å². The van der Waals surface area contributed by atoms with Gasteiger partial charge in [-0.2, -0.15) is 0 Å². The Morgan fingerprint density at radius 1 is 1.00 bits per heavy atom. The van der Waals surface area contributed by atoms with Gasteiger partial charge < -0.3 is 14.3 Å². The van der Waals surface area contributed by atoms with E-state index in [1.54, 1.807) is 0 Å². The highest BCUT2D eigenvalue weighted by Crippen LogP contribution is 2.26. The average molecular weight is 483 g/mol. The van der Waals surface area contributed by atoms with Crippen LogP contribution in [0.4, 0.5) is 0 Å². The van der Waals surface area contributed by atoms with Gasteiger partial charge in [0.05, 0.1) is 12.3 Å². The topological polar surface area (TPSA) is 75.8 Å². The smallest absolute Gasteiger partial charge is 0.320 e. The minimum absolute atomic E-state index is 0.377. The molecule has 6 nitrogen and oxygen atoms in total. The zero-order chi connectivity index (χ0) is 24.9. The summed E-state index contributed by atoms with van der Waals surface area (Å²) in [5, 5.41) is 9.36. The number of rotatable bonds is 9. The molecule has 6 heteroatoms. The summed E-state index contributed by atoms with van der Waals surface area (Å²) in [7, 11) is 0. The second-order valence-corrected chi connectivity index (χ2v) is 9.17. The van der Waals surface area contributed by atoms with Crippen molar-refractivity contribution in [1.29, 1.82) is 0 Å².